The van der Waals surface area contributed by atoms with E-state index in [1.54, 1.807) is 0 Å². The van der Waals surface area contributed by atoms with Crippen LogP contribution in [0.25, 0.3) is 0 Å². The smallest absolute Gasteiger partial charge is 0.00825 e. The first-order chi connectivity index (χ1) is 7.66. The van der Waals surface area contributed by atoms with Crippen molar-refractivity contribution in [3.63, 3.8) is 0 Å². The van der Waals surface area contributed by atoms with Crippen LogP contribution in [0.1, 0.15) is 45.4 Å². The summed E-state index contributed by atoms with van der Waals surface area (Å²) < 4.78 is 0. The zero-order valence-electron chi connectivity index (χ0n) is 10.6. The molecule has 0 aromatic heterocycles. The molecule has 16 heavy (non-hydrogen) atoms. The van der Waals surface area contributed by atoms with E-state index in [9.17, 15) is 0 Å². The first-order valence-electron chi connectivity index (χ1n) is 7.14. The minimum Gasteiger partial charge on any atom is -0.327 e. The Morgan fingerprint density at radius 1 is 1.19 bits per heavy atom. The summed E-state index contributed by atoms with van der Waals surface area (Å²) in [6.07, 6.45) is 8.43. The van der Waals surface area contributed by atoms with Gasteiger partial charge in [0.2, 0.25) is 0 Å². The van der Waals surface area contributed by atoms with E-state index >= 15 is 0 Å². The fourth-order valence-corrected chi connectivity index (χ4v) is 4.22. The normalized spacial score (nSPS) is 42.8. The van der Waals surface area contributed by atoms with Crippen molar-refractivity contribution in [2.24, 2.45) is 23.0 Å². The van der Waals surface area contributed by atoms with Gasteiger partial charge >= 0.3 is 0 Å². The molecule has 2 heteroatoms. The van der Waals surface area contributed by atoms with Gasteiger partial charge in [-0.1, -0.05) is 19.8 Å². The summed E-state index contributed by atoms with van der Waals surface area (Å²) in [7, 11) is 0. The third-order valence-corrected chi connectivity index (χ3v) is 5.40. The molecule has 1 aliphatic heterocycles. The van der Waals surface area contributed by atoms with Crippen LogP contribution in [-0.2, 0) is 0 Å². The lowest BCUT2D eigenvalue weighted by Crippen LogP contribution is -2.40. The van der Waals surface area contributed by atoms with Gasteiger partial charge in [0.25, 0.3) is 0 Å². The minimum absolute atomic E-state index is 0.498. The molecule has 2 saturated carbocycles. The number of nitrogens with zero attached hydrogens (tertiary/aromatic N) is 1. The highest BCUT2D eigenvalue weighted by Crippen LogP contribution is 2.43. The summed E-state index contributed by atoms with van der Waals surface area (Å²) in [6, 6.07) is 0.498. The van der Waals surface area contributed by atoms with Gasteiger partial charge in [0, 0.05) is 25.7 Å². The SMILES string of the molecule is CC1(CN2CC3CCCC(N)C3C2)CCC1. The molecule has 3 aliphatic rings. The summed E-state index contributed by atoms with van der Waals surface area (Å²) in [5.41, 5.74) is 6.92. The first kappa shape index (κ1) is 11.0. The third-order valence-electron chi connectivity index (χ3n) is 5.40. The van der Waals surface area contributed by atoms with Crippen LogP contribution in [0, 0.1) is 17.3 Å². The molecule has 0 aromatic carbocycles. The highest BCUT2D eigenvalue weighted by molar-refractivity contribution is 4.96. The number of likely N-dealkylation sites (tertiary alicyclic amines) is 1. The zero-order chi connectivity index (χ0) is 11.2. The van der Waals surface area contributed by atoms with Crippen LogP contribution in [0.15, 0.2) is 0 Å². The molecule has 3 unspecified atom stereocenters. The van der Waals surface area contributed by atoms with Gasteiger partial charge in [-0.25, -0.2) is 0 Å². The van der Waals surface area contributed by atoms with Crippen LogP contribution < -0.4 is 5.73 Å². The van der Waals surface area contributed by atoms with Gasteiger partial charge < -0.3 is 10.6 Å². The van der Waals surface area contributed by atoms with E-state index in [2.05, 4.69) is 11.8 Å². The van der Waals surface area contributed by atoms with Crippen molar-refractivity contribution in [3.8, 4) is 0 Å². The molecule has 0 amide bonds. The second-order valence-corrected chi connectivity index (χ2v) is 6.88. The number of hydrogen-bond donors (Lipinski definition) is 1. The van der Waals surface area contributed by atoms with E-state index in [-0.39, 0.29) is 0 Å². The molecule has 3 atom stereocenters. The standard InChI is InChI=1S/C14H26N2/c1-14(6-3-7-14)10-16-8-11-4-2-5-13(15)12(11)9-16/h11-13H,2-10,15H2,1H3. The minimum atomic E-state index is 0.498. The Bertz CT molecular complexity index is 259. The van der Waals surface area contributed by atoms with Crippen LogP contribution in [0.3, 0.4) is 0 Å². The fourth-order valence-electron chi connectivity index (χ4n) is 4.22. The lowest BCUT2D eigenvalue weighted by atomic mass is 9.70. The van der Waals surface area contributed by atoms with E-state index in [1.165, 1.54) is 58.2 Å². The van der Waals surface area contributed by atoms with Crippen molar-refractivity contribution in [2.45, 2.75) is 51.5 Å². The average Bonchev–Trinajstić information content (AvgIpc) is 2.59. The van der Waals surface area contributed by atoms with Gasteiger partial charge in [-0.2, -0.15) is 0 Å². The quantitative estimate of drug-likeness (QED) is 0.776. The summed E-state index contributed by atoms with van der Waals surface area (Å²) >= 11 is 0. The maximum Gasteiger partial charge on any atom is 0.00825 e. The van der Waals surface area contributed by atoms with Crippen molar-refractivity contribution >= 4 is 0 Å². The largest absolute Gasteiger partial charge is 0.327 e. The van der Waals surface area contributed by atoms with Crippen molar-refractivity contribution < 1.29 is 0 Å². The van der Waals surface area contributed by atoms with Gasteiger partial charge in [-0.15, -0.1) is 0 Å². The topological polar surface area (TPSA) is 29.3 Å². The predicted molar refractivity (Wildman–Crippen MR) is 67.2 cm³/mol. The van der Waals surface area contributed by atoms with E-state index in [1.807, 2.05) is 0 Å². The van der Waals surface area contributed by atoms with Crippen LogP contribution >= 0.6 is 0 Å². The Morgan fingerprint density at radius 3 is 2.62 bits per heavy atom. The van der Waals surface area contributed by atoms with Gasteiger partial charge in [0.1, 0.15) is 0 Å². The summed E-state index contributed by atoms with van der Waals surface area (Å²) in [5.74, 6) is 1.74. The molecular formula is C14H26N2. The summed E-state index contributed by atoms with van der Waals surface area (Å²) in [6.45, 7) is 6.44. The first-order valence-corrected chi connectivity index (χ1v) is 7.14. The van der Waals surface area contributed by atoms with E-state index in [0.717, 1.165) is 11.8 Å². The molecule has 1 heterocycles. The van der Waals surface area contributed by atoms with Crippen LogP contribution in [-0.4, -0.2) is 30.6 Å². The molecule has 2 N–H and O–H groups in total. The van der Waals surface area contributed by atoms with Crippen LogP contribution in [0.4, 0.5) is 0 Å². The molecule has 2 nitrogen and oxygen atoms in total. The van der Waals surface area contributed by atoms with E-state index in [0.29, 0.717) is 11.5 Å². The second-order valence-electron chi connectivity index (χ2n) is 6.88. The molecule has 92 valence electrons. The van der Waals surface area contributed by atoms with Gasteiger partial charge in [-0.05, 0) is 42.9 Å². The van der Waals surface area contributed by atoms with Gasteiger partial charge in [0.15, 0.2) is 0 Å². The summed E-state index contributed by atoms with van der Waals surface area (Å²) in [5, 5.41) is 0. The molecule has 0 spiro atoms. The number of nitrogens with two attached hydrogens (primary N) is 1. The van der Waals surface area contributed by atoms with Gasteiger partial charge in [0.05, 0.1) is 0 Å². The van der Waals surface area contributed by atoms with Crippen LogP contribution in [0.2, 0.25) is 0 Å². The lowest BCUT2D eigenvalue weighted by Gasteiger charge is -2.41. The fraction of sp³-hybridized carbons (Fsp3) is 1.00. The molecule has 0 aromatic rings. The average molecular weight is 222 g/mol. The number of rotatable bonds is 2. The van der Waals surface area contributed by atoms with Gasteiger partial charge in [-0.3, -0.25) is 0 Å². The van der Waals surface area contributed by atoms with Crippen molar-refractivity contribution in [1.29, 1.82) is 0 Å². The Kier molecular flexibility index (Phi) is 2.75. The molecule has 3 rings (SSSR count). The maximum atomic E-state index is 6.27. The Morgan fingerprint density at radius 2 is 2.00 bits per heavy atom. The van der Waals surface area contributed by atoms with E-state index in [4.69, 9.17) is 5.73 Å². The number of hydrogen-bond acceptors (Lipinski definition) is 2. The molecule has 3 fully saturated rings. The Labute approximate surface area is 99.6 Å². The van der Waals surface area contributed by atoms with Crippen molar-refractivity contribution in [1.82, 2.24) is 4.90 Å². The molecule has 2 aliphatic carbocycles. The zero-order valence-corrected chi connectivity index (χ0v) is 10.6. The molecule has 0 radical (unpaired) electrons. The number of fused-ring (bicyclic) bond motifs is 1. The molecule has 0 bridgehead atoms. The predicted octanol–water partition coefficient (Wildman–Crippen LogP) is 2.24. The highest BCUT2D eigenvalue weighted by atomic mass is 15.2. The Balaban J connectivity index is 1.59. The highest BCUT2D eigenvalue weighted by Gasteiger charge is 2.42. The monoisotopic (exact) mass is 222 g/mol. The third kappa shape index (κ3) is 1.91. The summed E-state index contributed by atoms with van der Waals surface area (Å²) in [4.78, 5) is 2.72. The second kappa shape index (κ2) is 3.99. The molecular weight excluding hydrogens is 196 g/mol. The van der Waals surface area contributed by atoms with Crippen LogP contribution in [0.5, 0.6) is 0 Å². The molecule has 1 saturated heterocycles. The lowest BCUT2D eigenvalue weighted by molar-refractivity contribution is 0.0951. The van der Waals surface area contributed by atoms with E-state index < -0.39 is 0 Å². The van der Waals surface area contributed by atoms with Crippen molar-refractivity contribution in [3.05, 3.63) is 0 Å². The maximum absolute atomic E-state index is 6.27. The van der Waals surface area contributed by atoms with Crippen molar-refractivity contribution in [2.75, 3.05) is 19.6 Å². The Hall–Kier alpha value is -0.0800.